The second-order valence-corrected chi connectivity index (χ2v) is 3.81. The zero-order chi connectivity index (χ0) is 10.3. The van der Waals surface area contributed by atoms with Crippen molar-refractivity contribution >= 4 is 5.91 Å². The molecule has 3 heteroatoms. The fourth-order valence-electron chi connectivity index (χ4n) is 0.909. The Hall–Kier alpha value is -0.570. The molecule has 0 aliphatic rings. The third-order valence-corrected chi connectivity index (χ3v) is 2.26. The van der Waals surface area contributed by atoms with E-state index in [9.17, 15) is 4.79 Å². The van der Waals surface area contributed by atoms with Crippen molar-refractivity contribution in [3.63, 3.8) is 0 Å². The van der Waals surface area contributed by atoms with Crippen LogP contribution < -0.4 is 10.6 Å². The molecule has 2 N–H and O–H groups in total. The van der Waals surface area contributed by atoms with Gasteiger partial charge in [0, 0.05) is 6.54 Å². The Bertz CT molecular complexity index is 146. The van der Waals surface area contributed by atoms with Gasteiger partial charge in [-0.1, -0.05) is 20.8 Å². The molecule has 78 valence electrons. The summed E-state index contributed by atoms with van der Waals surface area (Å²) in [7, 11) is 0. The van der Waals surface area contributed by atoms with E-state index < -0.39 is 0 Å². The molecule has 0 spiro atoms. The van der Waals surface area contributed by atoms with Crippen LogP contribution in [0.3, 0.4) is 0 Å². The summed E-state index contributed by atoms with van der Waals surface area (Å²) >= 11 is 0. The third kappa shape index (κ3) is 6.58. The van der Waals surface area contributed by atoms with Crippen molar-refractivity contribution in [1.82, 2.24) is 10.6 Å². The molecule has 1 amide bonds. The molecule has 1 atom stereocenters. The summed E-state index contributed by atoms with van der Waals surface area (Å²) in [5, 5.41) is 5.89. The molecule has 0 rings (SSSR count). The molecule has 0 radical (unpaired) electrons. The largest absolute Gasteiger partial charge is 0.355 e. The Balaban J connectivity index is 3.39. The zero-order valence-electron chi connectivity index (χ0n) is 9.18. The molecule has 0 aromatic heterocycles. The van der Waals surface area contributed by atoms with Gasteiger partial charge in [-0.3, -0.25) is 4.79 Å². The SMILES string of the molecule is CCNC(=O)CNCC(C)C(C)C. The molecule has 0 aromatic carbocycles. The number of rotatable bonds is 6. The second kappa shape index (κ2) is 6.89. The van der Waals surface area contributed by atoms with Crippen molar-refractivity contribution < 1.29 is 4.79 Å². The zero-order valence-corrected chi connectivity index (χ0v) is 9.18. The summed E-state index contributed by atoms with van der Waals surface area (Å²) in [4.78, 5) is 11.0. The van der Waals surface area contributed by atoms with Gasteiger partial charge in [0.1, 0.15) is 0 Å². The molecule has 0 aromatic rings. The van der Waals surface area contributed by atoms with E-state index in [0.29, 0.717) is 24.9 Å². The van der Waals surface area contributed by atoms with E-state index in [0.717, 1.165) is 6.54 Å². The Kier molecular flexibility index (Phi) is 6.59. The molecule has 1 unspecified atom stereocenters. The maximum Gasteiger partial charge on any atom is 0.233 e. The number of carbonyl (C=O) groups is 1. The van der Waals surface area contributed by atoms with Crippen LogP contribution >= 0.6 is 0 Å². The predicted octanol–water partition coefficient (Wildman–Crippen LogP) is 1.00. The Labute approximate surface area is 81.3 Å². The van der Waals surface area contributed by atoms with Crippen LogP contribution in [0.1, 0.15) is 27.7 Å². The molecule has 0 saturated carbocycles. The number of carbonyl (C=O) groups excluding carboxylic acids is 1. The van der Waals surface area contributed by atoms with E-state index in [1.54, 1.807) is 0 Å². The van der Waals surface area contributed by atoms with Crippen molar-refractivity contribution in [2.75, 3.05) is 19.6 Å². The van der Waals surface area contributed by atoms with E-state index in [1.807, 2.05) is 6.92 Å². The molecule has 0 aliphatic carbocycles. The minimum absolute atomic E-state index is 0.0819. The minimum atomic E-state index is 0.0819. The molecule has 0 aliphatic heterocycles. The lowest BCUT2D eigenvalue weighted by atomic mass is 9.98. The normalized spacial score (nSPS) is 13.0. The first-order valence-corrected chi connectivity index (χ1v) is 5.05. The van der Waals surface area contributed by atoms with Crippen LogP contribution in [0.15, 0.2) is 0 Å². The maximum absolute atomic E-state index is 11.0. The van der Waals surface area contributed by atoms with Gasteiger partial charge in [0.05, 0.1) is 6.54 Å². The average molecular weight is 186 g/mol. The van der Waals surface area contributed by atoms with Gasteiger partial charge in [0.25, 0.3) is 0 Å². The molecule has 3 nitrogen and oxygen atoms in total. The summed E-state index contributed by atoms with van der Waals surface area (Å²) in [5.41, 5.74) is 0. The average Bonchev–Trinajstić information content (AvgIpc) is 2.04. The van der Waals surface area contributed by atoms with Crippen LogP contribution in [0.25, 0.3) is 0 Å². The van der Waals surface area contributed by atoms with Crippen molar-refractivity contribution in [3.8, 4) is 0 Å². The lowest BCUT2D eigenvalue weighted by molar-refractivity contribution is -0.120. The van der Waals surface area contributed by atoms with Gasteiger partial charge in [-0.2, -0.15) is 0 Å². The first-order valence-electron chi connectivity index (χ1n) is 5.05. The van der Waals surface area contributed by atoms with E-state index in [4.69, 9.17) is 0 Å². The fourth-order valence-corrected chi connectivity index (χ4v) is 0.909. The smallest absolute Gasteiger partial charge is 0.233 e. The van der Waals surface area contributed by atoms with E-state index in [2.05, 4.69) is 31.4 Å². The first kappa shape index (κ1) is 12.4. The Morgan fingerprint density at radius 1 is 1.31 bits per heavy atom. The highest BCUT2D eigenvalue weighted by Crippen LogP contribution is 2.06. The predicted molar refractivity (Wildman–Crippen MR) is 55.6 cm³/mol. The third-order valence-electron chi connectivity index (χ3n) is 2.26. The number of nitrogens with one attached hydrogen (secondary N) is 2. The number of likely N-dealkylation sites (N-methyl/N-ethyl adjacent to an activating group) is 1. The van der Waals surface area contributed by atoms with Crippen LogP contribution in [0.2, 0.25) is 0 Å². The highest BCUT2D eigenvalue weighted by molar-refractivity contribution is 5.77. The topological polar surface area (TPSA) is 41.1 Å². The molecule has 13 heavy (non-hydrogen) atoms. The maximum atomic E-state index is 11.0. The highest BCUT2D eigenvalue weighted by atomic mass is 16.1. The van der Waals surface area contributed by atoms with Crippen LogP contribution in [0.5, 0.6) is 0 Å². The Morgan fingerprint density at radius 2 is 1.92 bits per heavy atom. The van der Waals surface area contributed by atoms with E-state index >= 15 is 0 Å². The summed E-state index contributed by atoms with van der Waals surface area (Å²) in [5.74, 6) is 1.37. The van der Waals surface area contributed by atoms with Crippen LogP contribution in [0.4, 0.5) is 0 Å². The van der Waals surface area contributed by atoms with Crippen molar-refractivity contribution in [3.05, 3.63) is 0 Å². The van der Waals surface area contributed by atoms with Crippen LogP contribution in [-0.2, 0) is 4.79 Å². The van der Waals surface area contributed by atoms with Gasteiger partial charge in [-0.05, 0) is 25.3 Å². The molecule has 0 bridgehead atoms. The van der Waals surface area contributed by atoms with Crippen molar-refractivity contribution in [1.29, 1.82) is 0 Å². The van der Waals surface area contributed by atoms with Crippen LogP contribution in [0, 0.1) is 11.8 Å². The lowest BCUT2D eigenvalue weighted by Gasteiger charge is -2.15. The lowest BCUT2D eigenvalue weighted by Crippen LogP contribution is -2.36. The summed E-state index contributed by atoms with van der Waals surface area (Å²) in [6.45, 7) is 10.6. The Morgan fingerprint density at radius 3 is 2.38 bits per heavy atom. The standard InChI is InChI=1S/C10H22N2O/c1-5-12-10(13)7-11-6-9(4)8(2)3/h8-9,11H,5-7H2,1-4H3,(H,12,13). The van der Waals surface area contributed by atoms with Crippen molar-refractivity contribution in [2.24, 2.45) is 11.8 Å². The van der Waals surface area contributed by atoms with Gasteiger partial charge < -0.3 is 10.6 Å². The van der Waals surface area contributed by atoms with E-state index in [1.165, 1.54) is 0 Å². The first-order chi connectivity index (χ1) is 6.07. The minimum Gasteiger partial charge on any atom is -0.355 e. The summed E-state index contributed by atoms with van der Waals surface area (Å²) < 4.78 is 0. The molecule has 0 heterocycles. The number of amides is 1. The molecule has 0 saturated heterocycles. The second-order valence-electron chi connectivity index (χ2n) is 3.81. The quantitative estimate of drug-likeness (QED) is 0.650. The van der Waals surface area contributed by atoms with Gasteiger partial charge in [0.2, 0.25) is 5.91 Å². The molecule has 0 fully saturated rings. The molecular weight excluding hydrogens is 164 g/mol. The van der Waals surface area contributed by atoms with Gasteiger partial charge in [0.15, 0.2) is 0 Å². The summed E-state index contributed by atoms with van der Waals surface area (Å²) in [6.07, 6.45) is 0. The van der Waals surface area contributed by atoms with E-state index in [-0.39, 0.29) is 5.91 Å². The molecular formula is C10H22N2O. The number of hydrogen-bond acceptors (Lipinski definition) is 2. The monoisotopic (exact) mass is 186 g/mol. The van der Waals surface area contributed by atoms with Gasteiger partial charge in [-0.25, -0.2) is 0 Å². The fraction of sp³-hybridized carbons (Fsp3) is 0.900. The van der Waals surface area contributed by atoms with Crippen LogP contribution in [-0.4, -0.2) is 25.5 Å². The highest BCUT2D eigenvalue weighted by Gasteiger charge is 2.06. The van der Waals surface area contributed by atoms with Crippen molar-refractivity contribution in [2.45, 2.75) is 27.7 Å². The van der Waals surface area contributed by atoms with Gasteiger partial charge in [-0.15, -0.1) is 0 Å². The van der Waals surface area contributed by atoms with Gasteiger partial charge >= 0.3 is 0 Å². The summed E-state index contributed by atoms with van der Waals surface area (Å²) in [6, 6.07) is 0. The number of hydrogen-bond donors (Lipinski definition) is 2.